The van der Waals surface area contributed by atoms with Gasteiger partial charge in [-0.25, -0.2) is 4.39 Å². The van der Waals surface area contributed by atoms with Gasteiger partial charge in [0.25, 0.3) is 5.91 Å². The van der Waals surface area contributed by atoms with E-state index in [4.69, 9.17) is 11.6 Å². The molecule has 1 amide bonds. The molecule has 0 radical (unpaired) electrons. The minimum atomic E-state index is -0.423. The van der Waals surface area contributed by atoms with Crippen LogP contribution in [0.25, 0.3) is 10.9 Å². The molecule has 0 aliphatic heterocycles. The van der Waals surface area contributed by atoms with Gasteiger partial charge in [-0.2, -0.15) is 0 Å². The van der Waals surface area contributed by atoms with Gasteiger partial charge in [0.15, 0.2) is 0 Å². The Balaban J connectivity index is 0.00000272. The van der Waals surface area contributed by atoms with Gasteiger partial charge >= 0.3 is 51.4 Å². The van der Waals surface area contributed by atoms with Crippen molar-refractivity contribution in [3.05, 3.63) is 70.6 Å². The number of rotatable bonds is 6. The first-order valence-corrected chi connectivity index (χ1v) is 10.8. The number of hydrogen-bond acceptors (Lipinski definition) is 2. The molecule has 7 heteroatoms. The van der Waals surface area contributed by atoms with Crippen molar-refractivity contribution in [3.8, 4) is 0 Å². The van der Waals surface area contributed by atoms with Crippen LogP contribution in [0.5, 0.6) is 0 Å². The van der Waals surface area contributed by atoms with Gasteiger partial charge in [-0.15, -0.1) is 6.61 Å². The number of benzene rings is 2. The molecular formula is C24H25ClFKN2O2. The minimum absolute atomic E-state index is 0. The maximum absolute atomic E-state index is 14.2. The summed E-state index contributed by atoms with van der Waals surface area (Å²) in [7, 11) is 0. The van der Waals surface area contributed by atoms with Gasteiger partial charge < -0.3 is 15.0 Å². The van der Waals surface area contributed by atoms with Crippen LogP contribution in [-0.4, -0.2) is 23.6 Å². The molecule has 1 N–H and O–H groups in total. The summed E-state index contributed by atoms with van der Waals surface area (Å²) >= 11 is 5.97. The fraction of sp³-hybridized carbons (Fsp3) is 0.375. The Hall–Kier alpha value is -0.734. The van der Waals surface area contributed by atoms with Gasteiger partial charge in [0.2, 0.25) is 0 Å². The summed E-state index contributed by atoms with van der Waals surface area (Å²) in [4.78, 5) is 13.0. The van der Waals surface area contributed by atoms with E-state index in [0.717, 1.165) is 36.8 Å². The van der Waals surface area contributed by atoms with Crippen LogP contribution in [0.3, 0.4) is 0 Å². The standard InChI is InChI=1S/C24H25ClFN2O2.K/c25-20-7-5-17(6-8-20)14-28-10-9-19-11-21(26)12-22(23(19)28)24(30)27-13-16-1-3-18(15-29)4-2-16;/h5-12,16,18H,1-4,13-15H2,(H,27,30);/q-1;+1. The molecule has 1 aromatic heterocycles. The van der Waals surface area contributed by atoms with Gasteiger partial charge in [0, 0.05) is 29.7 Å². The SMILES string of the molecule is O=C(NCC1CCC(C[O-])CC1)c1cc(F)cc2ccn(Cc3ccc(Cl)cc3)c12.[K+]. The van der Waals surface area contributed by atoms with Gasteiger partial charge in [-0.05, 0) is 54.7 Å². The predicted molar refractivity (Wildman–Crippen MR) is 115 cm³/mol. The van der Waals surface area contributed by atoms with Crippen molar-refractivity contribution in [3.63, 3.8) is 0 Å². The predicted octanol–water partition coefficient (Wildman–Crippen LogP) is 1.38. The molecule has 1 heterocycles. The summed E-state index contributed by atoms with van der Waals surface area (Å²) in [6.07, 6.45) is 5.65. The maximum atomic E-state index is 14.2. The Morgan fingerprint density at radius 1 is 1.10 bits per heavy atom. The summed E-state index contributed by atoms with van der Waals surface area (Å²) in [5.74, 6) is -0.0352. The molecular weight excluding hydrogens is 442 g/mol. The number of fused-ring (bicyclic) bond motifs is 1. The third-order valence-corrected chi connectivity index (χ3v) is 6.34. The fourth-order valence-corrected chi connectivity index (χ4v) is 4.46. The average Bonchev–Trinajstić information content (AvgIpc) is 3.15. The number of nitrogens with one attached hydrogen (secondary N) is 1. The second kappa shape index (κ2) is 11.4. The summed E-state index contributed by atoms with van der Waals surface area (Å²) in [6.45, 7) is 1.11. The molecule has 158 valence electrons. The number of hydrogen-bond donors (Lipinski definition) is 1. The van der Waals surface area contributed by atoms with Gasteiger partial charge in [-0.1, -0.05) is 42.5 Å². The van der Waals surface area contributed by atoms with E-state index in [-0.39, 0.29) is 69.8 Å². The van der Waals surface area contributed by atoms with Gasteiger partial charge in [-0.3, -0.25) is 4.79 Å². The average molecular weight is 467 g/mol. The molecule has 1 aliphatic rings. The van der Waals surface area contributed by atoms with Crippen molar-refractivity contribution >= 4 is 28.4 Å². The number of carbonyl (C=O) groups is 1. The van der Waals surface area contributed by atoms with Crippen molar-refractivity contribution in [1.82, 2.24) is 9.88 Å². The molecule has 0 bridgehead atoms. The molecule has 0 spiro atoms. The van der Waals surface area contributed by atoms with Crippen LogP contribution in [0, 0.1) is 17.7 Å². The van der Waals surface area contributed by atoms with E-state index >= 15 is 0 Å². The first kappa shape index (κ1) is 24.9. The quantitative estimate of drug-likeness (QED) is 0.558. The van der Waals surface area contributed by atoms with Crippen LogP contribution in [0.2, 0.25) is 5.02 Å². The monoisotopic (exact) mass is 466 g/mol. The van der Waals surface area contributed by atoms with Crippen LogP contribution < -0.4 is 61.8 Å². The summed E-state index contributed by atoms with van der Waals surface area (Å²) in [5, 5.41) is 15.4. The number of carbonyl (C=O) groups excluding carboxylic acids is 1. The normalized spacial score (nSPS) is 18.5. The third-order valence-electron chi connectivity index (χ3n) is 6.09. The Bertz CT molecular complexity index is 1030. The Labute approximate surface area is 229 Å². The first-order valence-electron chi connectivity index (χ1n) is 10.4. The van der Waals surface area contributed by atoms with E-state index in [1.165, 1.54) is 12.1 Å². The molecule has 4 nitrogen and oxygen atoms in total. The fourth-order valence-electron chi connectivity index (χ4n) is 4.34. The first-order chi connectivity index (χ1) is 14.5. The molecule has 3 aromatic rings. The van der Waals surface area contributed by atoms with E-state index in [9.17, 15) is 14.3 Å². The molecule has 2 aromatic carbocycles. The van der Waals surface area contributed by atoms with Crippen molar-refractivity contribution in [2.45, 2.75) is 32.2 Å². The van der Waals surface area contributed by atoms with Crippen molar-refractivity contribution in [1.29, 1.82) is 0 Å². The van der Waals surface area contributed by atoms with Crippen molar-refractivity contribution in [2.75, 3.05) is 13.2 Å². The topological polar surface area (TPSA) is 57.1 Å². The smallest absolute Gasteiger partial charge is 0.854 e. The van der Waals surface area contributed by atoms with Crippen LogP contribution >= 0.6 is 11.6 Å². The molecule has 0 atom stereocenters. The number of amides is 1. The van der Waals surface area contributed by atoms with Crippen molar-refractivity contribution in [2.24, 2.45) is 11.8 Å². The van der Waals surface area contributed by atoms with E-state index in [1.54, 1.807) is 0 Å². The molecule has 1 saturated carbocycles. The van der Waals surface area contributed by atoms with Crippen LogP contribution in [-0.2, 0) is 6.54 Å². The van der Waals surface area contributed by atoms with Crippen molar-refractivity contribution < 1.29 is 65.7 Å². The molecule has 1 aliphatic carbocycles. The van der Waals surface area contributed by atoms with Crippen LogP contribution in [0.1, 0.15) is 41.6 Å². The zero-order valence-electron chi connectivity index (χ0n) is 17.7. The number of aromatic nitrogens is 1. The zero-order valence-corrected chi connectivity index (χ0v) is 21.6. The van der Waals surface area contributed by atoms with Gasteiger partial charge in [0.1, 0.15) is 5.82 Å². The van der Waals surface area contributed by atoms with E-state index < -0.39 is 5.82 Å². The molecule has 4 rings (SSSR count). The van der Waals surface area contributed by atoms with Gasteiger partial charge in [0.05, 0.1) is 11.1 Å². The molecule has 1 fully saturated rings. The van der Waals surface area contributed by atoms with E-state index in [1.807, 2.05) is 41.1 Å². The molecule has 0 saturated heterocycles. The number of nitrogens with zero attached hydrogens (tertiary/aromatic N) is 1. The second-order valence-electron chi connectivity index (χ2n) is 8.22. The minimum Gasteiger partial charge on any atom is -0.854 e. The molecule has 0 unspecified atom stereocenters. The largest absolute Gasteiger partial charge is 1.00 e. The molecule has 31 heavy (non-hydrogen) atoms. The van der Waals surface area contributed by atoms with Crippen LogP contribution in [0.15, 0.2) is 48.7 Å². The van der Waals surface area contributed by atoms with E-state index in [0.29, 0.717) is 35.0 Å². The number of halogens is 2. The Kier molecular flexibility index (Phi) is 9.17. The summed E-state index contributed by atoms with van der Waals surface area (Å²) < 4.78 is 16.1. The Morgan fingerprint density at radius 2 is 1.77 bits per heavy atom. The zero-order chi connectivity index (χ0) is 21.1. The van der Waals surface area contributed by atoms with Crippen LogP contribution in [0.4, 0.5) is 4.39 Å². The third kappa shape index (κ3) is 6.19. The summed E-state index contributed by atoms with van der Waals surface area (Å²) in [6, 6.07) is 12.1. The second-order valence-corrected chi connectivity index (χ2v) is 8.66. The summed E-state index contributed by atoms with van der Waals surface area (Å²) in [5.41, 5.74) is 2.11. The van der Waals surface area contributed by atoms with E-state index in [2.05, 4.69) is 5.32 Å². The maximum Gasteiger partial charge on any atom is 1.00 e. The Morgan fingerprint density at radius 3 is 2.45 bits per heavy atom.